The number of nitrogens with one attached hydrogen (secondary N) is 1. The second kappa shape index (κ2) is 9.29. The van der Waals surface area contributed by atoms with Gasteiger partial charge >= 0.3 is 0 Å². The fraction of sp³-hybridized carbons (Fsp3) is 0.417. The summed E-state index contributed by atoms with van der Waals surface area (Å²) in [7, 11) is 8.05. The van der Waals surface area contributed by atoms with Crippen LogP contribution >= 0.6 is 0 Å². The van der Waals surface area contributed by atoms with Gasteiger partial charge in [0.1, 0.15) is 5.75 Å². The Labute approximate surface area is 183 Å². The predicted molar refractivity (Wildman–Crippen MR) is 119 cm³/mol. The van der Waals surface area contributed by atoms with Crippen LogP contribution in [0.2, 0.25) is 0 Å². The number of rotatable bonds is 7. The summed E-state index contributed by atoms with van der Waals surface area (Å²) in [6.07, 6.45) is 3.42. The van der Waals surface area contributed by atoms with Crippen LogP contribution in [0.5, 0.6) is 17.2 Å². The molecule has 1 N–H and O–H groups in total. The summed E-state index contributed by atoms with van der Waals surface area (Å²) in [5, 5.41) is 3.04. The summed E-state index contributed by atoms with van der Waals surface area (Å²) in [5.41, 5.74) is 1.20. The summed E-state index contributed by atoms with van der Waals surface area (Å²) >= 11 is 0. The standard InChI is InChI=1S/C24H30N2O5/c1-26(2)22(27)18-15-17(9-11-19(18)29-3)25-23(28)24(12-6-7-13-24)16-8-10-20(30-4)21(14-16)31-5/h8-11,14-15H,6-7,12-13H2,1-5H3,(H,25,28). The van der Waals surface area contributed by atoms with Crippen LogP contribution in [-0.4, -0.2) is 52.1 Å². The highest BCUT2D eigenvalue weighted by atomic mass is 16.5. The summed E-state index contributed by atoms with van der Waals surface area (Å²) in [5.74, 6) is 1.41. The Morgan fingerprint density at radius 2 is 1.48 bits per heavy atom. The maximum Gasteiger partial charge on any atom is 0.257 e. The summed E-state index contributed by atoms with van der Waals surface area (Å²) in [4.78, 5) is 27.6. The van der Waals surface area contributed by atoms with Gasteiger partial charge in [-0.25, -0.2) is 0 Å². The molecule has 0 unspecified atom stereocenters. The van der Waals surface area contributed by atoms with Gasteiger partial charge in [0.25, 0.3) is 5.91 Å². The molecule has 1 fully saturated rings. The predicted octanol–water partition coefficient (Wildman–Crippen LogP) is 3.86. The number of benzene rings is 2. The molecule has 0 atom stereocenters. The topological polar surface area (TPSA) is 77.1 Å². The van der Waals surface area contributed by atoms with E-state index in [1.165, 1.54) is 12.0 Å². The number of carbonyl (C=O) groups is 2. The van der Waals surface area contributed by atoms with Crippen LogP contribution in [0.15, 0.2) is 36.4 Å². The first-order chi connectivity index (χ1) is 14.9. The molecular weight excluding hydrogens is 396 g/mol. The summed E-state index contributed by atoms with van der Waals surface area (Å²) in [6, 6.07) is 10.8. The van der Waals surface area contributed by atoms with Crippen LogP contribution in [0, 0.1) is 0 Å². The van der Waals surface area contributed by atoms with Gasteiger partial charge in [-0.15, -0.1) is 0 Å². The van der Waals surface area contributed by atoms with Gasteiger partial charge in [-0.1, -0.05) is 18.9 Å². The zero-order chi connectivity index (χ0) is 22.6. The average Bonchev–Trinajstić information content (AvgIpc) is 3.29. The second-order valence-electron chi connectivity index (χ2n) is 7.93. The van der Waals surface area contributed by atoms with Gasteiger partial charge in [-0.2, -0.15) is 0 Å². The number of nitrogens with zero attached hydrogens (tertiary/aromatic N) is 1. The van der Waals surface area contributed by atoms with Gasteiger partial charge in [0.05, 0.1) is 32.3 Å². The second-order valence-corrected chi connectivity index (χ2v) is 7.93. The molecule has 0 heterocycles. The van der Waals surface area contributed by atoms with E-state index in [-0.39, 0.29) is 11.8 Å². The Morgan fingerprint density at radius 3 is 2.06 bits per heavy atom. The first kappa shape index (κ1) is 22.5. The number of ether oxygens (including phenoxy) is 3. The van der Waals surface area contributed by atoms with E-state index < -0.39 is 5.41 Å². The lowest BCUT2D eigenvalue weighted by molar-refractivity contribution is -0.121. The van der Waals surface area contributed by atoms with Crippen LogP contribution in [0.1, 0.15) is 41.6 Å². The summed E-state index contributed by atoms with van der Waals surface area (Å²) in [6.45, 7) is 0. The third kappa shape index (κ3) is 4.31. The largest absolute Gasteiger partial charge is 0.496 e. The zero-order valence-electron chi connectivity index (χ0n) is 18.8. The number of hydrogen-bond donors (Lipinski definition) is 1. The van der Waals surface area contributed by atoms with Crippen molar-refractivity contribution in [3.8, 4) is 17.2 Å². The molecule has 1 aliphatic rings. The average molecular weight is 427 g/mol. The summed E-state index contributed by atoms with van der Waals surface area (Å²) < 4.78 is 16.1. The molecule has 3 rings (SSSR count). The normalized spacial score (nSPS) is 14.6. The van der Waals surface area contributed by atoms with Crippen LogP contribution in [-0.2, 0) is 10.2 Å². The van der Waals surface area contributed by atoms with E-state index in [4.69, 9.17) is 14.2 Å². The van der Waals surface area contributed by atoms with E-state index in [9.17, 15) is 9.59 Å². The Balaban J connectivity index is 1.95. The lowest BCUT2D eigenvalue weighted by Crippen LogP contribution is -2.38. The monoisotopic (exact) mass is 426 g/mol. The third-order valence-corrected chi connectivity index (χ3v) is 5.92. The van der Waals surface area contributed by atoms with Gasteiger partial charge in [-0.05, 0) is 48.7 Å². The molecule has 0 saturated heterocycles. The number of hydrogen-bond acceptors (Lipinski definition) is 5. The minimum atomic E-state index is -0.662. The van der Waals surface area contributed by atoms with Crippen molar-refractivity contribution in [1.82, 2.24) is 4.90 Å². The number of amides is 2. The molecule has 0 aliphatic heterocycles. The maximum atomic E-state index is 13.6. The first-order valence-corrected chi connectivity index (χ1v) is 10.3. The molecule has 1 saturated carbocycles. The molecular formula is C24H30N2O5. The van der Waals surface area contributed by atoms with Crippen LogP contribution in [0.3, 0.4) is 0 Å². The third-order valence-electron chi connectivity index (χ3n) is 5.92. The van der Waals surface area contributed by atoms with Gasteiger partial charge in [0.15, 0.2) is 11.5 Å². The van der Waals surface area contributed by atoms with E-state index >= 15 is 0 Å². The van der Waals surface area contributed by atoms with Gasteiger partial charge < -0.3 is 24.4 Å². The first-order valence-electron chi connectivity index (χ1n) is 10.3. The Bertz CT molecular complexity index is 964. The molecule has 31 heavy (non-hydrogen) atoms. The van der Waals surface area contributed by atoms with E-state index in [0.29, 0.717) is 28.5 Å². The van der Waals surface area contributed by atoms with Crippen molar-refractivity contribution < 1.29 is 23.8 Å². The fourth-order valence-corrected chi connectivity index (χ4v) is 4.20. The molecule has 7 nitrogen and oxygen atoms in total. The van der Waals surface area contributed by atoms with Crippen molar-refractivity contribution >= 4 is 17.5 Å². The van der Waals surface area contributed by atoms with Crippen molar-refractivity contribution in [2.45, 2.75) is 31.1 Å². The number of carbonyl (C=O) groups excluding carboxylic acids is 2. The Morgan fingerprint density at radius 1 is 0.871 bits per heavy atom. The van der Waals surface area contributed by atoms with Crippen LogP contribution < -0.4 is 19.5 Å². The molecule has 166 valence electrons. The molecule has 0 spiro atoms. The smallest absolute Gasteiger partial charge is 0.257 e. The highest BCUT2D eigenvalue weighted by Crippen LogP contribution is 2.44. The molecule has 0 bridgehead atoms. The van der Waals surface area contributed by atoms with Crippen molar-refractivity contribution in [2.24, 2.45) is 0 Å². The van der Waals surface area contributed by atoms with Crippen LogP contribution in [0.4, 0.5) is 5.69 Å². The fourth-order valence-electron chi connectivity index (χ4n) is 4.20. The minimum Gasteiger partial charge on any atom is -0.496 e. The molecule has 7 heteroatoms. The Kier molecular flexibility index (Phi) is 6.73. The molecule has 2 aromatic rings. The van der Waals surface area contributed by atoms with Gasteiger partial charge in [0, 0.05) is 19.8 Å². The lowest BCUT2D eigenvalue weighted by Gasteiger charge is -2.29. The highest BCUT2D eigenvalue weighted by Gasteiger charge is 2.43. The van der Waals surface area contributed by atoms with E-state index in [2.05, 4.69) is 5.32 Å². The van der Waals surface area contributed by atoms with Crippen molar-refractivity contribution in [3.63, 3.8) is 0 Å². The highest BCUT2D eigenvalue weighted by molar-refractivity contribution is 6.02. The molecule has 1 aliphatic carbocycles. The van der Waals surface area contributed by atoms with E-state index in [1.807, 2.05) is 18.2 Å². The lowest BCUT2D eigenvalue weighted by atomic mass is 9.77. The number of anilines is 1. The number of methoxy groups -OCH3 is 3. The molecule has 2 aromatic carbocycles. The van der Waals surface area contributed by atoms with E-state index in [0.717, 1.165) is 31.2 Å². The van der Waals surface area contributed by atoms with Crippen molar-refractivity contribution in [1.29, 1.82) is 0 Å². The van der Waals surface area contributed by atoms with Gasteiger partial charge in [0.2, 0.25) is 5.91 Å². The SMILES string of the molecule is COc1ccc(C2(C(=O)Nc3ccc(OC)c(C(=O)N(C)C)c3)CCCC2)cc1OC. The van der Waals surface area contributed by atoms with Crippen molar-refractivity contribution in [2.75, 3.05) is 40.7 Å². The van der Waals surface area contributed by atoms with Gasteiger partial charge in [-0.3, -0.25) is 9.59 Å². The van der Waals surface area contributed by atoms with Crippen LogP contribution in [0.25, 0.3) is 0 Å². The molecule has 0 aromatic heterocycles. The van der Waals surface area contributed by atoms with Crippen molar-refractivity contribution in [3.05, 3.63) is 47.5 Å². The quantitative estimate of drug-likeness (QED) is 0.727. The molecule has 2 amide bonds. The molecule has 0 radical (unpaired) electrons. The Hall–Kier alpha value is -3.22. The maximum absolute atomic E-state index is 13.6. The zero-order valence-corrected chi connectivity index (χ0v) is 18.8. The minimum absolute atomic E-state index is 0.0920. The van der Waals surface area contributed by atoms with E-state index in [1.54, 1.807) is 46.5 Å².